The second-order valence-corrected chi connectivity index (χ2v) is 6.27. The molecule has 0 unspecified atom stereocenters. The molecule has 2 nitrogen and oxygen atoms in total. The lowest BCUT2D eigenvalue weighted by atomic mass is 9.74. The molecule has 0 aromatic heterocycles. The van der Waals surface area contributed by atoms with E-state index in [1.807, 2.05) is 25.1 Å². The fraction of sp³-hybridized carbons (Fsp3) is 0.235. The molecule has 2 aromatic rings. The van der Waals surface area contributed by atoms with Gasteiger partial charge in [-0.2, -0.15) is 0 Å². The third-order valence-corrected chi connectivity index (χ3v) is 4.99. The first-order valence-electron chi connectivity index (χ1n) is 6.92. The number of fused-ring (bicyclic) bond motifs is 3. The lowest BCUT2D eigenvalue weighted by Crippen LogP contribution is -2.42. The van der Waals surface area contributed by atoms with Gasteiger partial charge in [0.15, 0.2) is 5.78 Å². The second-order valence-electron chi connectivity index (χ2n) is 5.83. The van der Waals surface area contributed by atoms with Crippen molar-refractivity contribution in [2.45, 2.75) is 24.8 Å². The molecule has 4 heteroatoms. The van der Waals surface area contributed by atoms with Crippen molar-refractivity contribution in [3.05, 3.63) is 63.9 Å². The van der Waals surface area contributed by atoms with Crippen molar-refractivity contribution in [1.82, 2.24) is 0 Å². The highest BCUT2D eigenvalue weighted by molar-refractivity contribution is 6.31. The number of carbonyl (C=O) groups excluding carboxylic acids is 1. The largest absolute Gasteiger partial charge is 0.381 e. The zero-order valence-electron chi connectivity index (χ0n) is 11.4. The van der Waals surface area contributed by atoms with E-state index in [0.717, 1.165) is 16.8 Å². The van der Waals surface area contributed by atoms with Gasteiger partial charge in [0.1, 0.15) is 5.82 Å². The van der Waals surface area contributed by atoms with Gasteiger partial charge in [0, 0.05) is 22.3 Å². The van der Waals surface area contributed by atoms with Crippen molar-refractivity contribution in [2.75, 3.05) is 5.32 Å². The van der Waals surface area contributed by atoms with Gasteiger partial charge >= 0.3 is 0 Å². The predicted octanol–water partition coefficient (Wildman–Crippen LogP) is 3.97. The molecule has 21 heavy (non-hydrogen) atoms. The van der Waals surface area contributed by atoms with E-state index in [9.17, 15) is 9.18 Å². The van der Waals surface area contributed by atoms with E-state index in [4.69, 9.17) is 11.6 Å². The van der Waals surface area contributed by atoms with Gasteiger partial charge in [0.05, 0.1) is 5.41 Å². The average Bonchev–Trinajstić information content (AvgIpc) is 2.88. The van der Waals surface area contributed by atoms with E-state index in [1.54, 1.807) is 6.07 Å². The highest BCUT2D eigenvalue weighted by Crippen LogP contribution is 2.50. The number of carbonyl (C=O) groups is 1. The predicted molar refractivity (Wildman–Crippen MR) is 80.6 cm³/mol. The molecule has 0 saturated carbocycles. The maximum absolute atomic E-state index is 13.5. The quantitative estimate of drug-likeness (QED) is 0.798. The Morgan fingerprint density at radius 1 is 1.29 bits per heavy atom. The number of nitrogens with one attached hydrogen (secondary N) is 1. The van der Waals surface area contributed by atoms with Crippen molar-refractivity contribution >= 4 is 23.1 Å². The Kier molecular flexibility index (Phi) is 2.49. The number of halogens is 2. The van der Waals surface area contributed by atoms with Gasteiger partial charge in [0.2, 0.25) is 0 Å². The van der Waals surface area contributed by atoms with Crippen LogP contribution in [-0.2, 0) is 11.8 Å². The molecular formula is C17H13ClFNO. The topological polar surface area (TPSA) is 29.1 Å². The summed E-state index contributed by atoms with van der Waals surface area (Å²) in [5.74, 6) is -0.248. The lowest BCUT2D eigenvalue weighted by molar-refractivity contribution is 0.0896. The van der Waals surface area contributed by atoms with Crippen LogP contribution in [0, 0.1) is 5.82 Å². The van der Waals surface area contributed by atoms with Gasteiger partial charge in [-0.1, -0.05) is 11.6 Å². The Morgan fingerprint density at radius 2 is 2.10 bits per heavy atom. The summed E-state index contributed by atoms with van der Waals surface area (Å²) < 4.78 is 13.5. The molecule has 1 heterocycles. The van der Waals surface area contributed by atoms with Gasteiger partial charge in [-0.15, -0.1) is 0 Å². The SMILES string of the molecule is C[C@@H]1Nc2ccc(Cl)cc2[C@@]12Cc1cc(F)ccc1C2=O. The lowest BCUT2D eigenvalue weighted by Gasteiger charge is -2.27. The zero-order valence-corrected chi connectivity index (χ0v) is 12.2. The molecule has 2 aromatic carbocycles. The molecule has 1 spiro atoms. The molecule has 2 aliphatic rings. The molecule has 0 fully saturated rings. The van der Waals surface area contributed by atoms with Crippen molar-refractivity contribution in [3.8, 4) is 0 Å². The summed E-state index contributed by atoms with van der Waals surface area (Å²) in [6.07, 6.45) is 0.514. The van der Waals surface area contributed by atoms with Crippen molar-refractivity contribution in [3.63, 3.8) is 0 Å². The Bertz CT molecular complexity index is 788. The fourth-order valence-electron chi connectivity index (χ4n) is 3.72. The number of ketones is 1. The van der Waals surface area contributed by atoms with Crippen LogP contribution in [0.1, 0.15) is 28.4 Å². The van der Waals surface area contributed by atoms with Crippen LogP contribution in [0.25, 0.3) is 0 Å². The Labute approximate surface area is 126 Å². The molecule has 0 bridgehead atoms. The van der Waals surface area contributed by atoms with Crippen LogP contribution < -0.4 is 5.32 Å². The van der Waals surface area contributed by atoms with Crippen LogP contribution in [-0.4, -0.2) is 11.8 Å². The van der Waals surface area contributed by atoms with E-state index in [2.05, 4.69) is 5.32 Å². The molecular weight excluding hydrogens is 289 g/mol. The van der Waals surface area contributed by atoms with Crippen molar-refractivity contribution in [2.24, 2.45) is 0 Å². The van der Waals surface area contributed by atoms with Crippen LogP contribution in [0.5, 0.6) is 0 Å². The number of hydrogen-bond donors (Lipinski definition) is 1. The number of hydrogen-bond acceptors (Lipinski definition) is 2. The maximum Gasteiger partial charge on any atom is 0.176 e. The van der Waals surface area contributed by atoms with Gasteiger partial charge in [-0.25, -0.2) is 4.39 Å². The first-order valence-corrected chi connectivity index (χ1v) is 7.30. The van der Waals surface area contributed by atoms with E-state index >= 15 is 0 Å². The summed E-state index contributed by atoms with van der Waals surface area (Å²) >= 11 is 6.12. The number of benzene rings is 2. The Balaban J connectivity index is 1.95. The van der Waals surface area contributed by atoms with Crippen LogP contribution >= 0.6 is 11.6 Å². The molecule has 2 atom stereocenters. The Morgan fingerprint density at radius 3 is 2.90 bits per heavy atom. The van der Waals surface area contributed by atoms with Crippen LogP contribution in [0.15, 0.2) is 36.4 Å². The minimum absolute atomic E-state index is 0.0473. The normalized spacial score (nSPS) is 25.9. The van der Waals surface area contributed by atoms with Gasteiger partial charge in [0.25, 0.3) is 0 Å². The minimum atomic E-state index is -0.670. The highest BCUT2D eigenvalue weighted by Gasteiger charge is 2.54. The summed E-state index contributed by atoms with van der Waals surface area (Å²) in [6, 6.07) is 9.93. The van der Waals surface area contributed by atoms with E-state index in [0.29, 0.717) is 17.0 Å². The first kappa shape index (κ1) is 12.8. The first-order chi connectivity index (χ1) is 10.0. The molecule has 4 rings (SSSR count). The summed E-state index contributed by atoms with van der Waals surface area (Å²) in [5, 5.41) is 3.97. The summed E-state index contributed by atoms with van der Waals surface area (Å²) in [5.41, 5.74) is 2.59. The smallest absolute Gasteiger partial charge is 0.176 e. The number of Topliss-reactive ketones (excluding diaryl/α,β-unsaturated/α-hetero) is 1. The molecule has 0 radical (unpaired) electrons. The summed E-state index contributed by atoms with van der Waals surface area (Å²) in [7, 11) is 0. The molecule has 1 aliphatic heterocycles. The monoisotopic (exact) mass is 301 g/mol. The van der Waals surface area contributed by atoms with E-state index in [1.165, 1.54) is 12.1 Å². The third kappa shape index (κ3) is 1.55. The summed E-state index contributed by atoms with van der Waals surface area (Å²) in [4.78, 5) is 13.0. The van der Waals surface area contributed by atoms with Gasteiger partial charge in [-0.05, 0) is 60.9 Å². The summed E-state index contributed by atoms with van der Waals surface area (Å²) in [6.45, 7) is 1.99. The Hall–Kier alpha value is -1.87. The highest BCUT2D eigenvalue weighted by atomic mass is 35.5. The fourth-order valence-corrected chi connectivity index (χ4v) is 3.89. The minimum Gasteiger partial charge on any atom is -0.381 e. The average molecular weight is 302 g/mol. The zero-order chi connectivity index (χ0) is 14.8. The van der Waals surface area contributed by atoms with Crippen molar-refractivity contribution in [1.29, 1.82) is 0 Å². The van der Waals surface area contributed by atoms with Crippen LogP contribution in [0.2, 0.25) is 5.02 Å². The standard InChI is InChI=1S/C17H13ClFNO/c1-9-17(14-7-11(18)2-5-15(14)20-9)8-10-6-12(19)3-4-13(10)16(17)21/h2-7,9,20H,8H2,1H3/t9-,17+/m0/s1. The second kappa shape index (κ2) is 4.08. The molecule has 0 amide bonds. The molecule has 106 valence electrons. The molecule has 1 aliphatic carbocycles. The maximum atomic E-state index is 13.5. The molecule has 0 saturated heterocycles. The van der Waals surface area contributed by atoms with Crippen molar-refractivity contribution < 1.29 is 9.18 Å². The third-order valence-electron chi connectivity index (χ3n) is 4.76. The van der Waals surface area contributed by atoms with Gasteiger partial charge in [-0.3, -0.25) is 4.79 Å². The molecule has 1 N–H and O–H groups in total. The number of anilines is 1. The van der Waals surface area contributed by atoms with E-state index < -0.39 is 5.41 Å². The van der Waals surface area contributed by atoms with Gasteiger partial charge < -0.3 is 5.32 Å². The van der Waals surface area contributed by atoms with E-state index in [-0.39, 0.29) is 17.6 Å². The number of rotatable bonds is 0. The van der Waals surface area contributed by atoms with Crippen LogP contribution in [0.3, 0.4) is 0 Å². The van der Waals surface area contributed by atoms with Crippen LogP contribution in [0.4, 0.5) is 10.1 Å².